The lowest BCUT2D eigenvalue weighted by molar-refractivity contribution is -0.143. The molecule has 0 heterocycles. The Kier molecular flexibility index (Phi) is 22.2. The van der Waals surface area contributed by atoms with Crippen molar-refractivity contribution in [3.63, 3.8) is 0 Å². The predicted molar refractivity (Wildman–Crippen MR) is 228 cm³/mol. The van der Waals surface area contributed by atoms with Crippen LogP contribution in [0.2, 0.25) is 0 Å². The second kappa shape index (κ2) is 26.6. The molecule has 2 rings (SSSR count). The number of amides is 7. The number of nitrogens with one attached hydrogen (secondary N) is 7. The average Bonchev–Trinajstić information content (AvgIpc) is 3.23. The van der Waals surface area contributed by atoms with Crippen LogP contribution in [0.4, 0.5) is 0 Å². The van der Waals surface area contributed by atoms with Crippen LogP contribution in [0, 0.1) is 5.92 Å². The van der Waals surface area contributed by atoms with E-state index >= 15 is 0 Å². The van der Waals surface area contributed by atoms with Crippen molar-refractivity contribution in [1.29, 1.82) is 0 Å². The van der Waals surface area contributed by atoms with Crippen LogP contribution in [0.3, 0.4) is 0 Å². The molecule has 356 valence electrons. The van der Waals surface area contributed by atoms with Gasteiger partial charge in [0.1, 0.15) is 48.3 Å². The number of aliphatic carboxylic acids is 3. The molecule has 0 fully saturated rings. The summed E-state index contributed by atoms with van der Waals surface area (Å²) in [5, 5.41) is 64.6. The molecule has 0 radical (unpaired) electrons. The first kappa shape index (κ1) is 54.2. The molecule has 9 unspecified atom stereocenters. The van der Waals surface area contributed by atoms with Gasteiger partial charge in [0, 0.05) is 12.8 Å². The minimum atomic E-state index is -1.89. The Morgan fingerprint density at radius 2 is 0.908 bits per heavy atom. The van der Waals surface area contributed by atoms with E-state index in [0.717, 1.165) is 13.8 Å². The third kappa shape index (κ3) is 19.1. The van der Waals surface area contributed by atoms with Crippen molar-refractivity contribution in [3.05, 3.63) is 71.8 Å². The second-order valence-electron chi connectivity index (χ2n) is 15.6. The van der Waals surface area contributed by atoms with Crippen LogP contribution in [0.5, 0.6) is 0 Å². The lowest BCUT2D eigenvalue weighted by Gasteiger charge is -2.28. The highest BCUT2D eigenvalue weighted by molar-refractivity contribution is 5.99. The molecule has 0 bridgehead atoms. The van der Waals surface area contributed by atoms with Crippen LogP contribution in [0.25, 0.3) is 0 Å². The maximum atomic E-state index is 13.7. The third-order valence-corrected chi connectivity index (χ3v) is 9.52. The molecule has 2 aromatic carbocycles. The number of benzene rings is 2. The van der Waals surface area contributed by atoms with E-state index in [4.69, 9.17) is 5.73 Å². The molecule has 0 aliphatic rings. The van der Waals surface area contributed by atoms with Crippen molar-refractivity contribution in [2.45, 2.75) is 114 Å². The Morgan fingerprint density at radius 3 is 1.35 bits per heavy atom. The molecular formula is C42H58N8O15. The first-order valence-electron chi connectivity index (χ1n) is 20.4. The SMILES string of the molecule is CC(C)CC(NC(=O)C(NC(=O)C(Cc1ccccc1)NC(=O)C(N)CO)C(C)O)C(=O)NC(CC(=O)O)C(=O)NC(C)C(=O)NC(CC(=O)O)C(=O)NC(Cc1ccccc1)C(=O)O. The molecule has 0 aromatic heterocycles. The molecule has 14 N–H and O–H groups in total. The molecular weight excluding hydrogens is 857 g/mol. The van der Waals surface area contributed by atoms with Gasteiger partial charge in [-0.1, -0.05) is 74.5 Å². The van der Waals surface area contributed by atoms with E-state index in [1.807, 2.05) is 0 Å². The highest BCUT2D eigenvalue weighted by atomic mass is 16.4. The van der Waals surface area contributed by atoms with Crippen LogP contribution in [0.1, 0.15) is 58.1 Å². The minimum Gasteiger partial charge on any atom is -0.481 e. The van der Waals surface area contributed by atoms with E-state index in [0.29, 0.717) is 11.1 Å². The van der Waals surface area contributed by atoms with Gasteiger partial charge in [0.25, 0.3) is 0 Å². The van der Waals surface area contributed by atoms with Gasteiger partial charge in [-0.25, -0.2) is 4.79 Å². The maximum absolute atomic E-state index is 13.7. The first-order chi connectivity index (χ1) is 30.5. The van der Waals surface area contributed by atoms with Gasteiger partial charge in [-0.15, -0.1) is 0 Å². The van der Waals surface area contributed by atoms with Crippen molar-refractivity contribution < 1.29 is 73.5 Å². The summed E-state index contributed by atoms with van der Waals surface area (Å²) < 4.78 is 0. The molecule has 23 nitrogen and oxygen atoms in total. The van der Waals surface area contributed by atoms with Gasteiger partial charge in [-0.3, -0.25) is 43.2 Å². The summed E-state index contributed by atoms with van der Waals surface area (Å²) in [5.41, 5.74) is 6.73. The van der Waals surface area contributed by atoms with E-state index in [9.17, 15) is 73.5 Å². The lowest BCUT2D eigenvalue weighted by Crippen LogP contribution is -2.62. The topological polar surface area (TPSA) is 382 Å². The van der Waals surface area contributed by atoms with Gasteiger partial charge in [0.2, 0.25) is 41.4 Å². The lowest BCUT2D eigenvalue weighted by atomic mass is 10.0. The van der Waals surface area contributed by atoms with E-state index < -0.39 is 133 Å². The highest BCUT2D eigenvalue weighted by Crippen LogP contribution is 2.10. The molecule has 0 saturated carbocycles. The van der Waals surface area contributed by atoms with E-state index in [1.54, 1.807) is 74.5 Å². The summed E-state index contributed by atoms with van der Waals surface area (Å²) in [7, 11) is 0. The fourth-order valence-corrected chi connectivity index (χ4v) is 6.08. The number of hydrogen-bond acceptors (Lipinski definition) is 13. The van der Waals surface area contributed by atoms with E-state index in [-0.39, 0.29) is 25.2 Å². The Morgan fingerprint density at radius 1 is 0.508 bits per heavy atom. The van der Waals surface area contributed by atoms with Gasteiger partial charge < -0.3 is 68.5 Å². The Balaban J connectivity index is 2.24. The fraction of sp³-hybridized carbons (Fsp3) is 0.476. The minimum absolute atomic E-state index is 0.100. The van der Waals surface area contributed by atoms with Crippen molar-refractivity contribution in [1.82, 2.24) is 37.2 Å². The third-order valence-electron chi connectivity index (χ3n) is 9.52. The number of rotatable bonds is 27. The van der Waals surface area contributed by atoms with Gasteiger partial charge in [0.15, 0.2) is 0 Å². The molecule has 2 aromatic rings. The summed E-state index contributed by atoms with van der Waals surface area (Å²) in [6, 6.07) is 3.71. The zero-order valence-electron chi connectivity index (χ0n) is 36.2. The number of carbonyl (C=O) groups is 10. The van der Waals surface area contributed by atoms with Crippen LogP contribution < -0.4 is 43.0 Å². The quantitative estimate of drug-likeness (QED) is 0.0417. The number of hydrogen-bond donors (Lipinski definition) is 13. The molecule has 0 aliphatic heterocycles. The molecule has 0 spiro atoms. The maximum Gasteiger partial charge on any atom is 0.326 e. The monoisotopic (exact) mass is 914 g/mol. The predicted octanol–water partition coefficient (Wildman–Crippen LogP) is -3.33. The fourth-order valence-electron chi connectivity index (χ4n) is 6.08. The summed E-state index contributed by atoms with van der Waals surface area (Å²) in [5.74, 6) is -12.5. The number of aliphatic hydroxyl groups is 2. The normalized spacial score (nSPS) is 15.1. The number of carboxylic acid groups (broad SMARTS) is 3. The van der Waals surface area contributed by atoms with Crippen LogP contribution in [-0.4, -0.2) is 146 Å². The summed E-state index contributed by atoms with van der Waals surface area (Å²) >= 11 is 0. The van der Waals surface area contributed by atoms with Crippen LogP contribution >= 0.6 is 0 Å². The smallest absolute Gasteiger partial charge is 0.326 e. The van der Waals surface area contributed by atoms with Crippen molar-refractivity contribution in [2.24, 2.45) is 11.7 Å². The van der Waals surface area contributed by atoms with Crippen LogP contribution in [-0.2, 0) is 60.8 Å². The van der Waals surface area contributed by atoms with Gasteiger partial charge in [0.05, 0.1) is 25.6 Å². The van der Waals surface area contributed by atoms with Gasteiger partial charge >= 0.3 is 17.9 Å². The first-order valence-corrected chi connectivity index (χ1v) is 20.4. The largest absolute Gasteiger partial charge is 0.481 e. The van der Waals surface area contributed by atoms with Crippen molar-refractivity contribution in [2.75, 3.05) is 6.61 Å². The van der Waals surface area contributed by atoms with Crippen LogP contribution in [0.15, 0.2) is 60.7 Å². The standard InChI is InChI=1S/C42H58N8O15/c1-21(2)15-27(48-41(63)34(23(4)52)50-40(62)28(46-36(58)26(43)20-51)16-24-11-7-5-8-12-24)38(60)47-29(18-32(53)54)37(59)44-22(3)35(57)45-30(19-33(55)56)39(61)49-31(42(64)65)17-25-13-9-6-10-14-25/h5-14,21-23,26-31,34,51-52H,15-20,43H2,1-4H3,(H,44,59)(H,45,57)(H,46,58)(H,47,60)(H,48,63)(H,49,61)(H,50,62)(H,53,54)(H,55,56)(H,64,65). The number of carbonyl (C=O) groups excluding carboxylic acids is 7. The van der Waals surface area contributed by atoms with Crippen molar-refractivity contribution in [3.8, 4) is 0 Å². The summed E-state index contributed by atoms with van der Waals surface area (Å²) in [6.45, 7) is 4.85. The molecule has 9 atom stereocenters. The summed E-state index contributed by atoms with van der Waals surface area (Å²) in [4.78, 5) is 128. The van der Waals surface area contributed by atoms with Gasteiger partial charge in [-0.2, -0.15) is 0 Å². The van der Waals surface area contributed by atoms with E-state index in [2.05, 4.69) is 37.2 Å². The summed E-state index contributed by atoms with van der Waals surface area (Å²) in [6.07, 6.45) is -4.04. The zero-order valence-corrected chi connectivity index (χ0v) is 36.2. The van der Waals surface area contributed by atoms with Gasteiger partial charge in [-0.05, 0) is 37.3 Å². The molecule has 0 aliphatic carbocycles. The average molecular weight is 915 g/mol. The molecule has 0 saturated heterocycles. The highest BCUT2D eigenvalue weighted by Gasteiger charge is 2.36. The molecule has 65 heavy (non-hydrogen) atoms. The Labute approximate surface area is 373 Å². The number of nitrogens with two attached hydrogens (primary N) is 1. The second-order valence-corrected chi connectivity index (χ2v) is 15.6. The zero-order chi connectivity index (χ0) is 49.0. The van der Waals surface area contributed by atoms with E-state index in [1.165, 1.54) is 0 Å². The Bertz CT molecular complexity index is 1990. The molecule has 23 heteroatoms. The Hall–Kier alpha value is -6.98. The van der Waals surface area contributed by atoms with Crippen molar-refractivity contribution >= 4 is 59.3 Å². The number of aliphatic hydroxyl groups excluding tert-OH is 2. The number of carboxylic acids is 3. The molecule has 7 amide bonds.